The Morgan fingerprint density at radius 3 is 2.88 bits per heavy atom. The predicted molar refractivity (Wildman–Crippen MR) is 126 cm³/mol. The van der Waals surface area contributed by atoms with Gasteiger partial charge in [-0.3, -0.25) is 0 Å². The third-order valence-corrected chi connectivity index (χ3v) is 5.71. The van der Waals surface area contributed by atoms with Crippen LogP contribution in [-0.2, 0) is 11.0 Å². The maximum atomic E-state index is 11.5. The number of nitrogens with two attached hydrogens (primary N) is 2. The third-order valence-electron chi connectivity index (χ3n) is 5.71. The SMILES string of the molecule is C=BOB1Oc2c(cccc2C(=O)O)CC1NC(=C)C/C(=N/N)N(N)CC1CCNCC1. The molecule has 0 aliphatic carbocycles. The number of benzene rings is 1. The average Bonchev–Trinajstić information content (AvgIpc) is 2.78. The van der Waals surface area contributed by atoms with Crippen LogP contribution in [-0.4, -0.2) is 68.2 Å². The third kappa shape index (κ3) is 5.83. The average molecular weight is 440 g/mol. The van der Waals surface area contributed by atoms with Crippen LogP contribution in [0.5, 0.6) is 5.75 Å². The summed E-state index contributed by atoms with van der Waals surface area (Å²) >= 11 is 0. The molecule has 2 aliphatic heterocycles. The Labute approximate surface area is 189 Å². The molecular weight excluding hydrogens is 410 g/mol. The molecule has 0 amide bonds. The van der Waals surface area contributed by atoms with E-state index < -0.39 is 13.1 Å². The molecule has 12 heteroatoms. The van der Waals surface area contributed by atoms with Gasteiger partial charge in [-0.2, -0.15) is 0 Å². The molecule has 3 rings (SSSR count). The Morgan fingerprint density at radius 1 is 1.47 bits per heavy atom. The number of amidine groups is 1. The number of nitrogens with one attached hydrogen (secondary N) is 2. The second-order valence-electron chi connectivity index (χ2n) is 8.01. The van der Waals surface area contributed by atoms with E-state index in [0.29, 0.717) is 42.6 Å². The van der Waals surface area contributed by atoms with Gasteiger partial charge in [0.25, 0.3) is 0 Å². The van der Waals surface area contributed by atoms with Crippen molar-refractivity contribution in [2.75, 3.05) is 19.6 Å². The molecule has 0 aromatic heterocycles. The number of piperidine rings is 1. The van der Waals surface area contributed by atoms with Crippen LogP contribution in [0.25, 0.3) is 0 Å². The number of hydrogen-bond donors (Lipinski definition) is 5. The summed E-state index contributed by atoms with van der Waals surface area (Å²) in [5.41, 5.74) is 1.49. The number of nitrogens with zero attached hydrogens (tertiary/aromatic N) is 2. The molecule has 1 fully saturated rings. The van der Waals surface area contributed by atoms with Gasteiger partial charge in [0.15, 0.2) is 0 Å². The van der Waals surface area contributed by atoms with Crippen LogP contribution in [0, 0.1) is 5.92 Å². The van der Waals surface area contributed by atoms with Crippen molar-refractivity contribution in [2.45, 2.75) is 31.6 Å². The first-order valence-electron chi connectivity index (χ1n) is 10.6. The van der Waals surface area contributed by atoms with Gasteiger partial charge in [0.1, 0.15) is 0 Å². The van der Waals surface area contributed by atoms with Crippen LogP contribution in [0.2, 0.25) is 0 Å². The Bertz CT molecular complexity index is 878. The molecule has 1 unspecified atom stereocenters. The van der Waals surface area contributed by atoms with E-state index in [2.05, 4.69) is 28.8 Å². The predicted octanol–water partition coefficient (Wildman–Crippen LogP) is -0.276. The number of carboxylic acids is 1. The quantitative estimate of drug-likeness (QED) is 0.115. The number of hydrazine groups is 1. The van der Waals surface area contributed by atoms with E-state index in [-0.39, 0.29) is 11.5 Å². The van der Waals surface area contributed by atoms with Crippen molar-refractivity contribution in [2.24, 2.45) is 22.7 Å². The summed E-state index contributed by atoms with van der Waals surface area (Å²) in [5, 5.41) is 21.5. The molecule has 0 bridgehead atoms. The van der Waals surface area contributed by atoms with Gasteiger partial charge in [-0.25, -0.2) is 0 Å². The monoisotopic (exact) mass is 440 g/mol. The Hall–Kier alpha value is -2.98. The zero-order valence-corrected chi connectivity index (χ0v) is 18.1. The van der Waals surface area contributed by atoms with Gasteiger partial charge in [-0.15, -0.1) is 0 Å². The molecule has 0 radical (unpaired) electrons. The molecule has 1 atom stereocenters. The number of carboxylic acid groups (broad SMARTS) is 1. The van der Waals surface area contributed by atoms with Gasteiger partial charge in [-0.1, -0.05) is 0 Å². The van der Waals surface area contributed by atoms with Crippen LogP contribution < -0.4 is 27.0 Å². The van der Waals surface area contributed by atoms with Crippen molar-refractivity contribution in [3.63, 3.8) is 0 Å². The van der Waals surface area contributed by atoms with Crippen LogP contribution >= 0.6 is 0 Å². The van der Waals surface area contributed by atoms with Crippen LogP contribution in [0.15, 0.2) is 35.6 Å². The van der Waals surface area contributed by atoms with E-state index in [1.54, 1.807) is 11.1 Å². The van der Waals surface area contributed by atoms with Gasteiger partial charge >= 0.3 is 183 Å². The first-order chi connectivity index (χ1) is 15.4. The van der Waals surface area contributed by atoms with Crippen molar-refractivity contribution in [3.05, 3.63) is 41.6 Å². The van der Waals surface area contributed by atoms with E-state index in [1.165, 1.54) is 13.2 Å². The van der Waals surface area contributed by atoms with Crippen LogP contribution in [0.3, 0.4) is 0 Å². The fourth-order valence-electron chi connectivity index (χ4n) is 4.09. The molecule has 0 spiro atoms. The van der Waals surface area contributed by atoms with Crippen molar-refractivity contribution in [1.82, 2.24) is 15.6 Å². The summed E-state index contributed by atoms with van der Waals surface area (Å²) in [6.45, 7) is 10.3. The molecule has 2 heterocycles. The van der Waals surface area contributed by atoms with Gasteiger partial charge in [0, 0.05) is 0 Å². The summed E-state index contributed by atoms with van der Waals surface area (Å²) in [7, 11) is 0.489. The molecule has 170 valence electrons. The molecule has 1 aromatic rings. The number of rotatable bonds is 9. The van der Waals surface area contributed by atoms with E-state index >= 15 is 0 Å². The van der Waals surface area contributed by atoms with Crippen molar-refractivity contribution in [3.8, 4) is 5.75 Å². The minimum absolute atomic E-state index is 0.0895. The van der Waals surface area contributed by atoms with E-state index in [9.17, 15) is 9.90 Å². The number of aromatic carboxylic acids is 1. The summed E-state index contributed by atoms with van der Waals surface area (Å²) in [5.74, 6) is 11.8. The molecular formula is C20H30B2N6O4. The molecule has 2 aliphatic rings. The first-order valence-corrected chi connectivity index (χ1v) is 10.6. The summed E-state index contributed by atoms with van der Waals surface area (Å²) < 4.78 is 11.4. The summed E-state index contributed by atoms with van der Waals surface area (Å²) in [6.07, 6.45) is 2.92. The van der Waals surface area contributed by atoms with E-state index in [4.69, 9.17) is 20.9 Å². The fraction of sp³-hybridized carbons (Fsp3) is 0.450. The van der Waals surface area contributed by atoms with Crippen LogP contribution in [0.4, 0.5) is 0 Å². The molecule has 0 saturated carbocycles. The number of hydrazone groups is 1. The zero-order chi connectivity index (χ0) is 23.1. The van der Waals surface area contributed by atoms with Crippen molar-refractivity contribution >= 4 is 32.5 Å². The fourth-order valence-corrected chi connectivity index (χ4v) is 4.09. The molecule has 1 aromatic carbocycles. The molecule has 32 heavy (non-hydrogen) atoms. The van der Waals surface area contributed by atoms with E-state index in [1.807, 2.05) is 6.07 Å². The molecule has 10 nitrogen and oxygen atoms in total. The summed E-state index contributed by atoms with van der Waals surface area (Å²) in [4.78, 5) is 11.5. The van der Waals surface area contributed by atoms with Gasteiger partial charge in [0.2, 0.25) is 0 Å². The van der Waals surface area contributed by atoms with Gasteiger partial charge in [0.05, 0.1) is 0 Å². The standard InChI is InChI=1S/C20H30B2N6O4/c1-13(10-18(27-23)28(24)12-14-6-8-25-9-7-14)26-17-11-15-4-3-5-16(20(29)30)19(15)31-22(17)32-21-2/h3-5,14,17,25-26H,1-2,6-12,23-24H2,(H,29,30)/b27-18-. The van der Waals surface area contributed by atoms with Crippen molar-refractivity contribution < 1.29 is 19.1 Å². The zero-order valence-electron chi connectivity index (χ0n) is 18.1. The first kappa shape index (κ1) is 23.7. The van der Waals surface area contributed by atoms with Gasteiger partial charge < -0.3 is 5.32 Å². The molecule has 7 N–H and O–H groups in total. The normalized spacial score (nSPS) is 18.7. The van der Waals surface area contributed by atoms with Crippen molar-refractivity contribution in [1.29, 1.82) is 0 Å². The second kappa shape index (κ2) is 11.1. The number of hydrogen-bond acceptors (Lipinski definition) is 8. The topological polar surface area (TPSA) is 147 Å². The Kier molecular flexibility index (Phi) is 8.18. The number of carbonyl (C=O) groups is 1. The summed E-state index contributed by atoms with van der Waals surface area (Å²) in [6, 6.07) is 5.02. The number of para-hydroxylation sites is 1. The maximum absolute atomic E-state index is 11.5. The molecule has 1 saturated heterocycles. The van der Waals surface area contributed by atoms with Gasteiger partial charge in [-0.05, 0) is 0 Å². The second-order valence-corrected chi connectivity index (χ2v) is 8.01. The van der Waals surface area contributed by atoms with Crippen LogP contribution in [0.1, 0.15) is 35.2 Å². The Morgan fingerprint density at radius 2 is 2.22 bits per heavy atom. The number of fused-ring (bicyclic) bond motifs is 1. The minimum atomic E-state index is -1.06. The Balaban J connectivity index is 1.65. The van der Waals surface area contributed by atoms with E-state index in [0.717, 1.165) is 31.5 Å².